The van der Waals surface area contributed by atoms with E-state index in [0.717, 1.165) is 35.7 Å². The second kappa shape index (κ2) is 7.74. The summed E-state index contributed by atoms with van der Waals surface area (Å²) in [6.07, 6.45) is 3.56. The molecule has 5 rings (SSSR count). The van der Waals surface area contributed by atoms with Gasteiger partial charge in [0.15, 0.2) is 0 Å². The van der Waals surface area contributed by atoms with Gasteiger partial charge in [-0.15, -0.1) is 0 Å². The number of amides is 2. The van der Waals surface area contributed by atoms with E-state index >= 15 is 0 Å². The first kappa shape index (κ1) is 23.2. The number of nitrogens with zero attached hydrogens (tertiary/aromatic N) is 2. The highest BCUT2D eigenvalue weighted by Crippen LogP contribution is 2.67. The number of aliphatic hydroxyl groups is 1. The summed E-state index contributed by atoms with van der Waals surface area (Å²) in [7, 11) is 0. The molecule has 184 valence electrons. The standard InChI is InChI=1S/C27H37N3O4/c1-25(2)18-9-11-26(25,3)22(13-18)30(24(33)34)27(4,23(32)29-12-10-19(31)16-29)14-17-15-28-21-8-6-5-7-20(17)21/h5-8,15,18-19,22,28,31H,9-14,16H2,1-4H3,(H,33,34)/p-1. The zero-order valence-corrected chi connectivity index (χ0v) is 20.6. The van der Waals surface area contributed by atoms with Gasteiger partial charge in [0, 0.05) is 42.7 Å². The molecule has 5 unspecified atom stereocenters. The van der Waals surface area contributed by atoms with E-state index in [9.17, 15) is 19.8 Å². The van der Waals surface area contributed by atoms with Crippen molar-refractivity contribution in [2.45, 2.75) is 77.5 Å². The van der Waals surface area contributed by atoms with Crippen LogP contribution in [0.5, 0.6) is 0 Å². The summed E-state index contributed by atoms with van der Waals surface area (Å²) in [5.74, 6) is 0.174. The van der Waals surface area contributed by atoms with Crippen LogP contribution in [0.15, 0.2) is 30.5 Å². The number of hydrogen-bond acceptors (Lipinski definition) is 4. The normalized spacial score (nSPS) is 31.7. The monoisotopic (exact) mass is 466 g/mol. The summed E-state index contributed by atoms with van der Waals surface area (Å²) < 4.78 is 0. The molecule has 2 aromatic rings. The first-order chi connectivity index (χ1) is 16.0. The van der Waals surface area contributed by atoms with Crippen molar-refractivity contribution in [3.63, 3.8) is 0 Å². The summed E-state index contributed by atoms with van der Waals surface area (Å²) in [6.45, 7) is 9.11. The summed E-state index contributed by atoms with van der Waals surface area (Å²) >= 11 is 0. The van der Waals surface area contributed by atoms with Gasteiger partial charge in [0.1, 0.15) is 11.6 Å². The van der Waals surface area contributed by atoms with Crippen LogP contribution in [-0.4, -0.2) is 62.7 Å². The fourth-order valence-corrected chi connectivity index (χ4v) is 7.40. The number of aromatic nitrogens is 1. The van der Waals surface area contributed by atoms with E-state index in [0.29, 0.717) is 18.9 Å². The highest BCUT2D eigenvalue weighted by molar-refractivity contribution is 5.91. The van der Waals surface area contributed by atoms with Gasteiger partial charge in [-0.3, -0.25) is 4.79 Å². The van der Waals surface area contributed by atoms with E-state index in [-0.39, 0.29) is 35.7 Å². The number of nitrogens with one attached hydrogen (secondary N) is 1. The Kier molecular flexibility index (Phi) is 5.28. The summed E-state index contributed by atoms with van der Waals surface area (Å²) in [4.78, 5) is 33.4. The largest absolute Gasteiger partial charge is 0.530 e. The van der Waals surface area contributed by atoms with Gasteiger partial charge in [-0.1, -0.05) is 39.0 Å². The number of H-pyrrole nitrogens is 1. The number of aliphatic hydroxyl groups excluding tert-OH is 1. The van der Waals surface area contributed by atoms with Gasteiger partial charge in [-0.25, -0.2) is 0 Å². The summed E-state index contributed by atoms with van der Waals surface area (Å²) in [5, 5.41) is 24.0. The molecule has 3 fully saturated rings. The minimum Gasteiger partial charge on any atom is -0.530 e. The molecule has 1 aromatic carbocycles. The Bertz CT molecular complexity index is 1130. The summed E-state index contributed by atoms with van der Waals surface area (Å²) in [5.41, 5.74) is 0.272. The molecular weight excluding hydrogens is 430 g/mol. The molecule has 7 nitrogen and oxygen atoms in total. The number of likely N-dealkylation sites (tertiary alicyclic amines) is 1. The number of β-amino-alcohol motifs (C(OH)–C–C–N with tert-alkyl or cyclic N) is 1. The Morgan fingerprint density at radius 2 is 2.00 bits per heavy atom. The third-order valence-corrected chi connectivity index (χ3v) is 9.91. The van der Waals surface area contributed by atoms with E-state index in [4.69, 9.17) is 0 Å². The zero-order valence-electron chi connectivity index (χ0n) is 20.6. The van der Waals surface area contributed by atoms with Crippen molar-refractivity contribution in [2.75, 3.05) is 13.1 Å². The van der Waals surface area contributed by atoms with Crippen LogP contribution in [0.2, 0.25) is 0 Å². The van der Waals surface area contributed by atoms with Crippen molar-refractivity contribution in [1.29, 1.82) is 0 Å². The molecule has 2 amide bonds. The van der Waals surface area contributed by atoms with Gasteiger partial charge in [-0.05, 0) is 61.0 Å². The van der Waals surface area contributed by atoms with E-state index in [1.807, 2.05) is 30.5 Å². The van der Waals surface area contributed by atoms with Crippen LogP contribution in [0.4, 0.5) is 4.79 Å². The van der Waals surface area contributed by atoms with Crippen LogP contribution in [0.3, 0.4) is 0 Å². The lowest BCUT2D eigenvalue weighted by atomic mass is 9.68. The molecule has 2 N–H and O–H groups in total. The number of para-hydroxylation sites is 1. The molecule has 5 atom stereocenters. The van der Waals surface area contributed by atoms with Gasteiger partial charge in [0.25, 0.3) is 0 Å². The van der Waals surface area contributed by atoms with Crippen LogP contribution in [0, 0.1) is 16.7 Å². The maximum absolute atomic E-state index is 14.1. The van der Waals surface area contributed by atoms with Crippen LogP contribution < -0.4 is 5.11 Å². The van der Waals surface area contributed by atoms with Crippen LogP contribution in [0.25, 0.3) is 10.9 Å². The Balaban J connectivity index is 1.60. The molecule has 2 bridgehead atoms. The molecular formula is C27H36N3O4-. The maximum Gasteiger partial charge on any atom is 0.248 e. The van der Waals surface area contributed by atoms with Gasteiger partial charge < -0.3 is 29.8 Å². The predicted octanol–water partition coefficient (Wildman–Crippen LogP) is 2.92. The molecule has 2 aliphatic carbocycles. The van der Waals surface area contributed by atoms with E-state index in [2.05, 4.69) is 25.8 Å². The molecule has 34 heavy (non-hydrogen) atoms. The topological polar surface area (TPSA) is 99.7 Å². The molecule has 0 radical (unpaired) electrons. The van der Waals surface area contributed by atoms with Crippen LogP contribution in [-0.2, 0) is 11.2 Å². The van der Waals surface area contributed by atoms with E-state index in [1.54, 1.807) is 11.8 Å². The van der Waals surface area contributed by atoms with Crippen molar-refractivity contribution in [3.05, 3.63) is 36.0 Å². The quantitative estimate of drug-likeness (QED) is 0.708. The number of carbonyl (C=O) groups is 2. The van der Waals surface area contributed by atoms with E-state index in [1.165, 1.54) is 4.90 Å². The Labute approximate surface area is 201 Å². The van der Waals surface area contributed by atoms with Crippen molar-refractivity contribution in [3.8, 4) is 0 Å². The average Bonchev–Trinajstić information content (AvgIpc) is 3.49. The van der Waals surface area contributed by atoms with Crippen molar-refractivity contribution < 1.29 is 19.8 Å². The van der Waals surface area contributed by atoms with E-state index < -0.39 is 17.7 Å². The number of fused-ring (bicyclic) bond motifs is 3. The van der Waals surface area contributed by atoms with Gasteiger partial charge in [0.2, 0.25) is 5.91 Å². The van der Waals surface area contributed by atoms with Gasteiger partial charge in [-0.2, -0.15) is 0 Å². The van der Waals surface area contributed by atoms with Crippen LogP contribution >= 0.6 is 0 Å². The number of carbonyl (C=O) groups excluding carboxylic acids is 2. The third kappa shape index (κ3) is 3.19. The molecule has 1 aliphatic heterocycles. The third-order valence-electron chi connectivity index (χ3n) is 9.91. The number of rotatable bonds is 5. The second-order valence-corrected chi connectivity index (χ2v) is 11.8. The predicted molar refractivity (Wildman–Crippen MR) is 128 cm³/mol. The maximum atomic E-state index is 14.1. The SMILES string of the molecule is CC(Cc1c[nH]c2ccccc12)(C(=O)N1CCC(O)C1)N(C(=O)[O-])C1CC2CCC1(C)C2(C)C. The second-order valence-electron chi connectivity index (χ2n) is 11.8. The lowest BCUT2D eigenvalue weighted by Gasteiger charge is -2.53. The lowest BCUT2D eigenvalue weighted by Crippen LogP contribution is -2.68. The smallest absolute Gasteiger partial charge is 0.248 e. The number of aromatic amines is 1. The number of benzene rings is 1. The fourth-order valence-electron chi connectivity index (χ4n) is 7.40. The first-order valence-electron chi connectivity index (χ1n) is 12.5. The molecule has 1 aromatic heterocycles. The van der Waals surface area contributed by atoms with Crippen molar-refractivity contribution in [2.24, 2.45) is 16.7 Å². The molecule has 2 saturated carbocycles. The molecule has 0 spiro atoms. The Hall–Kier alpha value is -2.54. The zero-order chi connectivity index (χ0) is 24.5. The number of hydrogen-bond donors (Lipinski definition) is 2. The highest BCUT2D eigenvalue weighted by Gasteiger charge is 2.65. The molecule has 7 heteroatoms. The minimum atomic E-state index is -1.35. The van der Waals surface area contributed by atoms with Crippen molar-refractivity contribution >= 4 is 22.9 Å². The number of carboxylic acid groups (broad SMARTS) is 1. The van der Waals surface area contributed by atoms with Gasteiger partial charge in [0.05, 0.1) is 6.10 Å². The summed E-state index contributed by atoms with van der Waals surface area (Å²) in [6, 6.07) is 7.58. The Morgan fingerprint density at radius 1 is 1.26 bits per heavy atom. The fraction of sp³-hybridized carbons (Fsp3) is 0.630. The van der Waals surface area contributed by atoms with Crippen molar-refractivity contribution in [1.82, 2.24) is 14.8 Å². The van der Waals surface area contributed by atoms with Gasteiger partial charge >= 0.3 is 0 Å². The van der Waals surface area contributed by atoms with Crippen LogP contribution in [0.1, 0.15) is 58.9 Å². The average molecular weight is 467 g/mol. The highest BCUT2D eigenvalue weighted by atomic mass is 16.4. The lowest BCUT2D eigenvalue weighted by molar-refractivity contribution is -0.277. The molecule has 3 aliphatic rings. The Morgan fingerprint density at radius 3 is 2.59 bits per heavy atom. The molecule has 2 heterocycles. The first-order valence-corrected chi connectivity index (χ1v) is 12.5. The minimum absolute atomic E-state index is 0.0139. The molecule has 1 saturated heterocycles.